The molecular formula is C14H17N3O5S. The van der Waals surface area contributed by atoms with E-state index in [2.05, 4.69) is 0 Å². The normalized spacial score (nSPS) is 17.0. The Hall–Kier alpha value is -2.29. The summed E-state index contributed by atoms with van der Waals surface area (Å²) in [5.74, 6) is 0.992. The van der Waals surface area contributed by atoms with Gasteiger partial charge in [-0.3, -0.25) is 19.7 Å². The second kappa shape index (κ2) is 7.32. The molecule has 1 fully saturated rings. The summed E-state index contributed by atoms with van der Waals surface area (Å²) in [5, 5.41) is 10.6. The monoisotopic (exact) mass is 339 g/mol. The lowest BCUT2D eigenvalue weighted by molar-refractivity contribution is -0.384. The predicted octanol–water partition coefficient (Wildman–Crippen LogP) is 0.963. The van der Waals surface area contributed by atoms with Gasteiger partial charge in [-0.05, 0) is 12.1 Å². The van der Waals surface area contributed by atoms with Gasteiger partial charge in [0.15, 0.2) is 6.61 Å². The van der Waals surface area contributed by atoms with Crippen molar-refractivity contribution in [2.45, 2.75) is 6.04 Å². The highest BCUT2D eigenvalue weighted by atomic mass is 32.2. The molecular weight excluding hydrogens is 322 g/mol. The number of nitro groups is 1. The zero-order valence-electron chi connectivity index (χ0n) is 12.8. The number of likely N-dealkylation sites (N-methyl/N-ethyl adjacent to an activating group) is 1. The Balaban J connectivity index is 1.93. The molecule has 1 aliphatic rings. The molecule has 8 nitrogen and oxygen atoms in total. The second-order valence-corrected chi connectivity index (χ2v) is 6.15. The lowest BCUT2D eigenvalue weighted by Gasteiger charge is -2.25. The van der Waals surface area contributed by atoms with Gasteiger partial charge in [0, 0.05) is 32.0 Å². The van der Waals surface area contributed by atoms with Gasteiger partial charge in [0.25, 0.3) is 11.6 Å². The van der Waals surface area contributed by atoms with Crippen molar-refractivity contribution in [1.29, 1.82) is 0 Å². The predicted molar refractivity (Wildman–Crippen MR) is 85.2 cm³/mol. The number of ether oxygens (including phenoxy) is 1. The second-order valence-electron chi connectivity index (χ2n) is 5.15. The molecule has 0 aromatic heterocycles. The van der Waals surface area contributed by atoms with Crippen molar-refractivity contribution in [3.05, 3.63) is 34.4 Å². The van der Waals surface area contributed by atoms with Gasteiger partial charge < -0.3 is 14.5 Å². The average Bonchev–Trinajstić information content (AvgIpc) is 3.01. The van der Waals surface area contributed by atoms with Gasteiger partial charge in [-0.15, -0.1) is 11.8 Å². The first-order valence-electron chi connectivity index (χ1n) is 6.86. The third-order valence-corrected chi connectivity index (χ3v) is 4.35. The van der Waals surface area contributed by atoms with E-state index in [0.29, 0.717) is 17.4 Å². The molecule has 2 amide bonds. The molecule has 1 aliphatic heterocycles. The Morgan fingerprint density at radius 2 is 2.04 bits per heavy atom. The van der Waals surface area contributed by atoms with Crippen LogP contribution in [0.15, 0.2) is 24.3 Å². The molecule has 124 valence electrons. The summed E-state index contributed by atoms with van der Waals surface area (Å²) in [6.45, 7) is -0.213. The molecule has 23 heavy (non-hydrogen) atoms. The van der Waals surface area contributed by atoms with Crippen molar-refractivity contribution in [3.63, 3.8) is 0 Å². The quantitative estimate of drug-likeness (QED) is 0.586. The summed E-state index contributed by atoms with van der Waals surface area (Å²) in [4.78, 5) is 37.3. The molecule has 2 rings (SSSR count). The van der Waals surface area contributed by atoms with Crippen LogP contribution in [-0.2, 0) is 9.59 Å². The minimum absolute atomic E-state index is 0.0451. The van der Waals surface area contributed by atoms with Crippen molar-refractivity contribution in [2.24, 2.45) is 0 Å². The molecule has 1 aromatic rings. The molecule has 1 heterocycles. The zero-order chi connectivity index (χ0) is 17.0. The van der Waals surface area contributed by atoms with E-state index in [0.717, 1.165) is 0 Å². The summed E-state index contributed by atoms with van der Waals surface area (Å²) in [6, 6.07) is 5.02. The van der Waals surface area contributed by atoms with Crippen LogP contribution in [0.4, 0.5) is 5.69 Å². The molecule has 0 saturated carbocycles. The molecule has 0 bridgehead atoms. The standard InChI is InChI=1S/C14H17N3O5S/c1-15(2)14(19)12-8-23-9-16(12)13(18)7-22-11-5-3-10(4-6-11)17(20)21/h3-6,12H,7-9H2,1-2H3. The largest absolute Gasteiger partial charge is 0.484 e. The Labute approximate surface area is 137 Å². The number of rotatable bonds is 5. The van der Waals surface area contributed by atoms with Crippen LogP contribution < -0.4 is 4.74 Å². The maximum atomic E-state index is 12.2. The number of nitro benzene ring substituents is 1. The van der Waals surface area contributed by atoms with Gasteiger partial charge in [-0.2, -0.15) is 0 Å². The molecule has 1 saturated heterocycles. The van der Waals surface area contributed by atoms with E-state index in [-0.39, 0.29) is 24.1 Å². The number of amides is 2. The zero-order valence-corrected chi connectivity index (χ0v) is 13.6. The van der Waals surface area contributed by atoms with Gasteiger partial charge >= 0.3 is 0 Å². The SMILES string of the molecule is CN(C)C(=O)C1CSCN1C(=O)COc1ccc([N+](=O)[O-])cc1. The van der Waals surface area contributed by atoms with Gasteiger partial charge in [0.2, 0.25) is 5.91 Å². The van der Waals surface area contributed by atoms with Crippen LogP contribution in [0, 0.1) is 10.1 Å². The highest BCUT2D eigenvalue weighted by Gasteiger charge is 2.35. The van der Waals surface area contributed by atoms with Crippen molar-refractivity contribution >= 4 is 29.3 Å². The van der Waals surface area contributed by atoms with Crippen LogP contribution >= 0.6 is 11.8 Å². The molecule has 0 spiro atoms. The minimum Gasteiger partial charge on any atom is -0.484 e. The number of non-ortho nitro benzene ring substituents is 1. The summed E-state index contributed by atoms with van der Waals surface area (Å²) in [7, 11) is 3.31. The number of benzene rings is 1. The summed E-state index contributed by atoms with van der Waals surface area (Å²) in [5.41, 5.74) is -0.0451. The maximum Gasteiger partial charge on any atom is 0.269 e. The Kier molecular flexibility index (Phi) is 5.43. The summed E-state index contributed by atoms with van der Waals surface area (Å²) in [6.07, 6.45) is 0. The van der Waals surface area contributed by atoms with E-state index in [1.807, 2.05) is 0 Å². The molecule has 1 unspecified atom stereocenters. The lowest BCUT2D eigenvalue weighted by Crippen LogP contribution is -2.48. The van der Waals surface area contributed by atoms with E-state index in [9.17, 15) is 19.7 Å². The number of hydrogen-bond acceptors (Lipinski definition) is 6. The molecule has 0 N–H and O–H groups in total. The Bertz CT molecular complexity index is 605. The fourth-order valence-electron chi connectivity index (χ4n) is 2.08. The van der Waals surface area contributed by atoms with Gasteiger partial charge in [0.1, 0.15) is 11.8 Å². The highest BCUT2D eigenvalue weighted by molar-refractivity contribution is 7.99. The van der Waals surface area contributed by atoms with Crippen LogP contribution in [0.25, 0.3) is 0 Å². The molecule has 1 atom stereocenters. The average molecular weight is 339 g/mol. The molecule has 9 heteroatoms. The van der Waals surface area contributed by atoms with E-state index in [4.69, 9.17) is 4.74 Å². The Morgan fingerprint density at radius 1 is 1.39 bits per heavy atom. The van der Waals surface area contributed by atoms with E-state index in [1.165, 1.54) is 45.8 Å². The van der Waals surface area contributed by atoms with Crippen LogP contribution in [0.2, 0.25) is 0 Å². The first-order chi connectivity index (χ1) is 10.9. The van der Waals surface area contributed by atoms with Crippen molar-refractivity contribution in [3.8, 4) is 5.75 Å². The van der Waals surface area contributed by atoms with Crippen LogP contribution in [0.1, 0.15) is 0 Å². The summed E-state index contributed by atoms with van der Waals surface area (Å²) >= 11 is 1.52. The lowest BCUT2D eigenvalue weighted by atomic mass is 10.2. The minimum atomic E-state index is -0.506. The first-order valence-corrected chi connectivity index (χ1v) is 8.01. The highest BCUT2D eigenvalue weighted by Crippen LogP contribution is 2.23. The molecule has 1 aromatic carbocycles. The summed E-state index contributed by atoms with van der Waals surface area (Å²) < 4.78 is 5.36. The smallest absolute Gasteiger partial charge is 0.269 e. The van der Waals surface area contributed by atoms with Gasteiger partial charge in [-0.1, -0.05) is 0 Å². The number of carbonyl (C=O) groups excluding carboxylic acids is 2. The fraction of sp³-hybridized carbons (Fsp3) is 0.429. The van der Waals surface area contributed by atoms with Crippen LogP contribution in [-0.4, -0.2) is 64.9 Å². The van der Waals surface area contributed by atoms with Crippen molar-refractivity contribution in [2.75, 3.05) is 32.3 Å². The first kappa shape index (κ1) is 17.1. The third-order valence-electron chi connectivity index (χ3n) is 3.34. The number of hydrogen-bond donors (Lipinski definition) is 0. The van der Waals surface area contributed by atoms with Crippen LogP contribution in [0.3, 0.4) is 0 Å². The van der Waals surface area contributed by atoms with Gasteiger partial charge in [0.05, 0.1) is 10.8 Å². The number of nitrogens with zero attached hydrogens (tertiary/aromatic N) is 3. The topological polar surface area (TPSA) is 93.0 Å². The number of carbonyl (C=O) groups is 2. The molecule has 0 aliphatic carbocycles. The van der Waals surface area contributed by atoms with E-state index < -0.39 is 11.0 Å². The number of thioether (sulfide) groups is 1. The fourth-order valence-corrected chi connectivity index (χ4v) is 3.25. The van der Waals surface area contributed by atoms with E-state index >= 15 is 0 Å². The van der Waals surface area contributed by atoms with Crippen molar-refractivity contribution in [1.82, 2.24) is 9.80 Å². The molecule has 0 radical (unpaired) electrons. The maximum absolute atomic E-state index is 12.2. The van der Waals surface area contributed by atoms with Crippen molar-refractivity contribution < 1.29 is 19.2 Å². The van der Waals surface area contributed by atoms with E-state index in [1.54, 1.807) is 14.1 Å². The third kappa shape index (κ3) is 4.13. The Morgan fingerprint density at radius 3 is 2.61 bits per heavy atom. The van der Waals surface area contributed by atoms with Gasteiger partial charge in [-0.25, -0.2) is 0 Å². The van der Waals surface area contributed by atoms with Crippen LogP contribution in [0.5, 0.6) is 5.75 Å².